The summed E-state index contributed by atoms with van der Waals surface area (Å²) in [6, 6.07) is 4.59. The number of nitriles is 1. The van der Waals surface area contributed by atoms with Crippen molar-refractivity contribution in [2.45, 2.75) is 57.1 Å². The van der Waals surface area contributed by atoms with Gasteiger partial charge in [0, 0.05) is 12.8 Å². The van der Waals surface area contributed by atoms with E-state index in [0.717, 1.165) is 31.5 Å². The third kappa shape index (κ3) is 2.51. The molecule has 20 heavy (non-hydrogen) atoms. The number of aryl methyl sites for hydroxylation is 2. The van der Waals surface area contributed by atoms with Gasteiger partial charge >= 0.3 is 0 Å². The Labute approximate surface area is 120 Å². The van der Waals surface area contributed by atoms with E-state index in [1.54, 1.807) is 7.11 Å². The van der Waals surface area contributed by atoms with Crippen LogP contribution >= 0.6 is 0 Å². The van der Waals surface area contributed by atoms with Crippen LogP contribution in [0.5, 0.6) is 0 Å². The number of hydrogen-bond acceptors (Lipinski definition) is 4. The molecule has 2 unspecified atom stereocenters. The standard InChI is InChI=1S/C16H21N3O/c1-20-15-8-4-7-14(15)19-16-12(10-17)9-11-5-2-3-6-13(11)18-16/h9,14-15H,2-8H2,1H3,(H,18,19). The molecule has 1 fully saturated rings. The summed E-state index contributed by atoms with van der Waals surface area (Å²) in [5.74, 6) is 0.752. The molecule has 0 aliphatic heterocycles. The Kier molecular flexibility index (Phi) is 3.88. The van der Waals surface area contributed by atoms with Crippen LogP contribution in [0.3, 0.4) is 0 Å². The van der Waals surface area contributed by atoms with Gasteiger partial charge in [-0.25, -0.2) is 4.98 Å². The first kappa shape index (κ1) is 13.4. The number of pyridine rings is 1. The highest BCUT2D eigenvalue weighted by molar-refractivity contribution is 5.55. The Bertz CT molecular complexity index is 535. The van der Waals surface area contributed by atoms with Gasteiger partial charge in [-0.3, -0.25) is 0 Å². The lowest BCUT2D eigenvalue weighted by molar-refractivity contribution is 0.101. The smallest absolute Gasteiger partial charge is 0.144 e. The first-order valence-electron chi connectivity index (χ1n) is 7.54. The van der Waals surface area contributed by atoms with Crippen molar-refractivity contribution in [1.29, 1.82) is 5.26 Å². The van der Waals surface area contributed by atoms with Crippen molar-refractivity contribution in [3.8, 4) is 6.07 Å². The molecule has 1 aromatic rings. The SMILES string of the molecule is COC1CCCC1Nc1nc2c(cc1C#N)CCCC2. The largest absolute Gasteiger partial charge is 0.379 e. The van der Waals surface area contributed by atoms with Crippen LogP contribution in [-0.2, 0) is 17.6 Å². The first-order valence-corrected chi connectivity index (χ1v) is 7.54. The Hall–Kier alpha value is -1.60. The second-order valence-corrected chi connectivity index (χ2v) is 5.77. The van der Waals surface area contributed by atoms with Crippen molar-refractivity contribution in [3.63, 3.8) is 0 Å². The number of nitrogens with one attached hydrogen (secondary N) is 1. The van der Waals surface area contributed by atoms with Crippen molar-refractivity contribution < 1.29 is 4.74 Å². The molecule has 2 atom stereocenters. The van der Waals surface area contributed by atoms with Crippen molar-refractivity contribution in [3.05, 3.63) is 22.9 Å². The molecule has 1 aromatic heterocycles. The molecule has 4 nitrogen and oxygen atoms in total. The molecule has 0 radical (unpaired) electrons. The second kappa shape index (κ2) is 5.80. The lowest BCUT2D eigenvalue weighted by atomic mass is 9.95. The van der Waals surface area contributed by atoms with Gasteiger partial charge in [-0.2, -0.15) is 5.26 Å². The van der Waals surface area contributed by atoms with E-state index in [1.165, 1.54) is 30.5 Å². The number of methoxy groups -OCH3 is 1. The van der Waals surface area contributed by atoms with Gasteiger partial charge in [-0.1, -0.05) is 0 Å². The average molecular weight is 271 g/mol. The maximum Gasteiger partial charge on any atom is 0.144 e. The average Bonchev–Trinajstić information content (AvgIpc) is 2.93. The Balaban J connectivity index is 1.86. The predicted molar refractivity (Wildman–Crippen MR) is 77.7 cm³/mol. The molecule has 2 aliphatic rings. The first-order chi connectivity index (χ1) is 9.81. The van der Waals surface area contributed by atoms with Crippen molar-refractivity contribution in [2.75, 3.05) is 12.4 Å². The molecule has 0 amide bonds. The number of nitrogens with zero attached hydrogens (tertiary/aromatic N) is 2. The van der Waals surface area contributed by atoms with E-state index in [9.17, 15) is 5.26 Å². The van der Waals surface area contributed by atoms with E-state index >= 15 is 0 Å². The molecular formula is C16H21N3O. The topological polar surface area (TPSA) is 57.9 Å². The van der Waals surface area contributed by atoms with E-state index in [-0.39, 0.29) is 12.1 Å². The zero-order chi connectivity index (χ0) is 13.9. The molecule has 2 aliphatic carbocycles. The summed E-state index contributed by atoms with van der Waals surface area (Å²) in [4.78, 5) is 4.73. The van der Waals surface area contributed by atoms with Crippen LogP contribution in [0, 0.1) is 11.3 Å². The van der Waals surface area contributed by atoms with Crippen LogP contribution in [0.25, 0.3) is 0 Å². The van der Waals surface area contributed by atoms with Gasteiger partial charge in [-0.05, 0) is 56.6 Å². The maximum absolute atomic E-state index is 9.36. The van der Waals surface area contributed by atoms with Crippen LogP contribution < -0.4 is 5.32 Å². The van der Waals surface area contributed by atoms with Crippen molar-refractivity contribution >= 4 is 5.82 Å². The molecule has 0 bridgehead atoms. The van der Waals surface area contributed by atoms with Crippen molar-refractivity contribution in [1.82, 2.24) is 4.98 Å². The van der Waals surface area contributed by atoms with Gasteiger partial charge < -0.3 is 10.1 Å². The highest BCUT2D eigenvalue weighted by Gasteiger charge is 2.28. The molecule has 0 aromatic carbocycles. The van der Waals surface area contributed by atoms with Crippen LogP contribution in [0.4, 0.5) is 5.82 Å². The normalized spacial score (nSPS) is 25.0. The molecule has 1 N–H and O–H groups in total. The lowest BCUT2D eigenvalue weighted by Crippen LogP contribution is -2.30. The molecule has 0 saturated heterocycles. The fraction of sp³-hybridized carbons (Fsp3) is 0.625. The van der Waals surface area contributed by atoms with Crippen LogP contribution in [0.1, 0.15) is 48.9 Å². The minimum atomic E-state index is 0.236. The monoisotopic (exact) mass is 271 g/mol. The van der Waals surface area contributed by atoms with E-state index in [2.05, 4.69) is 11.4 Å². The summed E-state index contributed by atoms with van der Waals surface area (Å²) in [7, 11) is 1.76. The van der Waals surface area contributed by atoms with Gasteiger partial charge in [0.15, 0.2) is 0 Å². The summed E-state index contributed by atoms with van der Waals surface area (Å²) in [6.45, 7) is 0. The highest BCUT2D eigenvalue weighted by Crippen LogP contribution is 2.28. The third-order valence-electron chi connectivity index (χ3n) is 4.50. The Morgan fingerprint density at radius 1 is 1.30 bits per heavy atom. The van der Waals surface area contributed by atoms with Gasteiger partial charge in [0.1, 0.15) is 11.9 Å². The Morgan fingerprint density at radius 2 is 2.15 bits per heavy atom. The van der Waals surface area contributed by atoms with Gasteiger partial charge in [0.25, 0.3) is 0 Å². The Morgan fingerprint density at radius 3 is 2.95 bits per heavy atom. The van der Waals surface area contributed by atoms with Crippen LogP contribution in [-0.4, -0.2) is 24.2 Å². The van der Waals surface area contributed by atoms with E-state index in [1.807, 2.05) is 6.07 Å². The zero-order valence-corrected chi connectivity index (χ0v) is 12.0. The van der Waals surface area contributed by atoms with Gasteiger partial charge in [0.05, 0.1) is 17.7 Å². The second-order valence-electron chi connectivity index (χ2n) is 5.77. The predicted octanol–water partition coefficient (Wildman–Crippen LogP) is 2.81. The molecule has 1 saturated carbocycles. The van der Waals surface area contributed by atoms with Gasteiger partial charge in [-0.15, -0.1) is 0 Å². The fourth-order valence-electron chi connectivity index (χ4n) is 3.38. The number of hydrogen-bond donors (Lipinski definition) is 1. The fourth-order valence-corrected chi connectivity index (χ4v) is 3.38. The molecule has 106 valence electrons. The molecular weight excluding hydrogens is 250 g/mol. The summed E-state index contributed by atoms with van der Waals surface area (Å²) >= 11 is 0. The minimum absolute atomic E-state index is 0.236. The summed E-state index contributed by atoms with van der Waals surface area (Å²) in [5, 5.41) is 12.8. The minimum Gasteiger partial charge on any atom is -0.379 e. The molecule has 1 heterocycles. The maximum atomic E-state index is 9.36. The van der Waals surface area contributed by atoms with Gasteiger partial charge in [0.2, 0.25) is 0 Å². The third-order valence-corrected chi connectivity index (χ3v) is 4.50. The summed E-state index contributed by atoms with van der Waals surface area (Å²) < 4.78 is 5.51. The number of aromatic nitrogens is 1. The summed E-state index contributed by atoms with van der Waals surface area (Å²) in [5.41, 5.74) is 3.10. The summed E-state index contributed by atoms with van der Waals surface area (Å²) in [6.07, 6.45) is 8.08. The zero-order valence-electron chi connectivity index (χ0n) is 12.0. The highest BCUT2D eigenvalue weighted by atomic mass is 16.5. The molecule has 0 spiro atoms. The quantitative estimate of drug-likeness (QED) is 0.918. The molecule has 3 rings (SSSR count). The number of ether oxygens (including phenoxy) is 1. The van der Waals surface area contributed by atoms with Crippen LogP contribution in [0.2, 0.25) is 0 Å². The van der Waals surface area contributed by atoms with E-state index in [4.69, 9.17) is 9.72 Å². The van der Waals surface area contributed by atoms with E-state index < -0.39 is 0 Å². The van der Waals surface area contributed by atoms with E-state index in [0.29, 0.717) is 5.56 Å². The number of anilines is 1. The van der Waals surface area contributed by atoms with Crippen LogP contribution in [0.15, 0.2) is 6.07 Å². The molecule has 4 heteroatoms. The lowest BCUT2D eigenvalue weighted by Gasteiger charge is -2.23. The number of fused-ring (bicyclic) bond motifs is 1. The number of rotatable bonds is 3. The van der Waals surface area contributed by atoms with Crippen molar-refractivity contribution in [2.24, 2.45) is 0 Å².